The average Bonchev–Trinajstić information content (AvgIpc) is 2.72. The lowest BCUT2D eigenvalue weighted by Crippen LogP contribution is -2.34. The van der Waals surface area contributed by atoms with E-state index in [0.717, 1.165) is 0 Å². The summed E-state index contributed by atoms with van der Waals surface area (Å²) in [5, 5.41) is 8.80. The summed E-state index contributed by atoms with van der Waals surface area (Å²) in [6.07, 6.45) is 2.94. The Kier molecular flexibility index (Phi) is 3.11. The monoisotopic (exact) mass is 250 g/mol. The van der Waals surface area contributed by atoms with Gasteiger partial charge in [0, 0.05) is 14.1 Å². The van der Waals surface area contributed by atoms with Crippen molar-refractivity contribution in [1.29, 1.82) is 0 Å². The van der Waals surface area contributed by atoms with Gasteiger partial charge >= 0.3 is 5.97 Å². The molecule has 2 heterocycles. The maximum absolute atomic E-state index is 10.7. The van der Waals surface area contributed by atoms with Crippen molar-refractivity contribution >= 4 is 23.0 Å². The molecule has 8 nitrogen and oxygen atoms in total. The SMILES string of the molecule is CN(C)c1ncnc2c1ncn2C[C@H](N)C(=O)O. The van der Waals surface area contributed by atoms with E-state index < -0.39 is 12.0 Å². The molecule has 0 spiro atoms. The lowest BCUT2D eigenvalue weighted by molar-refractivity contribution is -0.138. The Bertz CT molecular complexity index is 579. The van der Waals surface area contributed by atoms with Crippen LogP contribution in [0.2, 0.25) is 0 Å². The quantitative estimate of drug-likeness (QED) is 0.738. The summed E-state index contributed by atoms with van der Waals surface area (Å²) in [4.78, 5) is 25.0. The molecule has 0 fully saturated rings. The van der Waals surface area contributed by atoms with Gasteiger partial charge in [-0.15, -0.1) is 0 Å². The molecule has 0 saturated heterocycles. The normalized spacial score (nSPS) is 12.6. The van der Waals surface area contributed by atoms with Crippen LogP contribution in [0, 0.1) is 0 Å². The van der Waals surface area contributed by atoms with Gasteiger partial charge in [0.15, 0.2) is 17.0 Å². The van der Waals surface area contributed by atoms with E-state index in [1.54, 1.807) is 4.57 Å². The van der Waals surface area contributed by atoms with Crippen molar-refractivity contribution in [2.75, 3.05) is 19.0 Å². The van der Waals surface area contributed by atoms with Crippen LogP contribution < -0.4 is 10.6 Å². The highest BCUT2D eigenvalue weighted by molar-refractivity contribution is 5.83. The highest BCUT2D eigenvalue weighted by Crippen LogP contribution is 2.19. The molecule has 8 heteroatoms. The summed E-state index contributed by atoms with van der Waals surface area (Å²) >= 11 is 0. The summed E-state index contributed by atoms with van der Waals surface area (Å²) < 4.78 is 1.61. The molecule has 0 radical (unpaired) electrons. The Morgan fingerprint density at radius 2 is 2.22 bits per heavy atom. The molecule has 0 saturated carbocycles. The van der Waals surface area contributed by atoms with Crippen LogP contribution in [-0.2, 0) is 11.3 Å². The summed E-state index contributed by atoms with van der Waals surface area (Å²) in [6, 6.07) is -0.986. The standard InChI is InChI=1S/C10H14N6O2/c1-15(2)8-7-9(13-4-12-8)16(5-14-7)3-6(11)10(17)18/h4-6H,3,11H2,1-2H3,(H,17,18)/t6-/m0/s1. The molecule has 2 aromatic rings. The lowest BCUT2D eigenvalue weighted by Gasteiger charge is -2.11. The Morgan fingerprint density at radius 3 is 2.83 bits per heavy atom. The van der Waals surface area contributed by atoms with Crippen LogP contribution in [0.5, 0.6) is 0 Å². The fourth-order valence-electron chi connectivity index (χ4n) is 1.62. The minimum atomic E-state index is -1.06. The fraction of sp³-hybridized carbons (Fsp3) is 0.400. The second kappa shape index (κ2) is 4.57. The van der Waals surface area contributed by atoms with Gasteiger partial charge in [0.25, 0.3) is 0 Å². The van der Waals surface area contributed by atoms with Crippen molar-refractivity contribution in [1.82, 2.24) is 19.5 Å². The highest BCUT2D eigenvalue weighted by atomic mass is 16.4. The number of hydrogen-bond acceptors (Lipinski definition) is 6. The van der Waals surface area contributed by atoms with Gasteiger partial charge in [0.05, 0.1) is 12.9 Å². The van der Waals surface area contributed by atoms with Crippen LogP contribution in [0.25, 0.3) is 11.2 Å². The van der Waals surface area contributed by atoms with Crippen molar-refractivity contribution in [2.24, 2.45) is 5.73 Å². The number of nitrogens with zero attached hydrogens (tertiary/aromatic N) is 5. The number of nitrogens with two attached hydrogens (primary N) is 1. The van der Waals surface area contributed by atoms with Crippen molar-refractivity contribution in [3.8, 4) is 0 Å². The molecule has 0 aliphatic rings. The van der Waals surface area contributed by atoms with Crippen LogP contribution in [0.15, 0.2) is 12.7 Å². The van der Waals surface area contributed by atoms with Gasteiger partial charge < -0.3 is 20.3 Å². The third-order valence-electron chi connectivity index (χ3n) is 2.52. The van der Waals surface area contributed by atoms with Crippen LogP contribution in [-0.4, -0.2) is 50.7 Å². The number of imidazole rings is 1. The minimum Gasteiger partial charge on any atom is -0.480 e. The zero-order valence-corrected chi connectivity index (χ0v) is 10.1. The van der Waals surface area contributed by atoms with Gasteiger partial charge in [-0.05, 0) is 0 Å². The number of carboxylic acid groups (broad SMARTS) is 1. The molecule has 18 heavy (non-hydrogen) atoms. The third-order valence-corrected chi connectivity index (χ3v) is 2.52. The molecule has 2 rings (SSSR count). The lowest BCUT2D eigenvalue weighted by atomic mass is 10.3. The Labute approximate surface area is 103 Å². The van der Waals surface area contributed by atoms with E-state index in [2.05, 4.69) is 15.0 Å². The number of hydrogen-bond donors (Lipinski definition) is 2. The predicted octanol–water partition coefficient (Wildman–Crippen LogP) is -0.696. The first-order chi connectivity index (χ1) is 8.50. The van der Waals surface area contributed by atoms with Crippen LogP contribution in [0.4, 0.5) is 5.82 Å². The van der Waals surface area contributed by atoms with Gasteiger partial charge in [-0.1, -0.05) is 0 Å². The van der Waals surface area contributed by atoms with Gasteiger partial charge in [-0.3, -0.25) is 4.79 Å². The van der Waals surface area contributed by atoms with Crippen molar-refractivity contribution in [2.45, 2.75) is 12.6 Å². The maximum atomic E-state index is 10.7. The van der Waals surface area contributed by atoms with E-state index in [0.29, 0.717) is 17.0 Å². The number of aliphatic carboxylic acids is 1. The molecule has 1 atom stereocenters. The Morgan fingerprint density at radius 1 is 1.50 bits per heavy atom. The number of anilines is 1. The van der Waals surface area contributed by atoms with Gasteiger partial charge in [-0.25, -0.2) is 15.0 Å². The van der Waals surface area contributed by atoms with E-state index in [4.69, 9.17) is 10.8 Å². The topological polar surface area (TPSA) is 110 Å². The van der Waals surface area contributed by atoms with E-state index >= 15 is 0 Å². The smallest absolute Gasteiger partial charge is 0.322 e. The van der Waals surface area contributed by atoms with E-state index in [9.17, 15) is 4.79 Å². The van der Waals surface area contributed by atoms with Crippen LogP contribution in [0.1, 0.15) is 0 Å². The van der Waals surface area contributed by atoms with Crippen molar-refractivity contribution in [3.05, 3.63) is 12.7 Å². The van der Waals surface area contributed by atoms with Gasteiger partial charge in [-0.2, -0.15) is 0 Å². The summed E-state index contributed by atoms with van der Waals surface area (Å²) in [5.74, 6) is -0.374. The molecule has 0 amide bonds. The molecular formula is C10H14N6O2. The second-order valence-electron chi connectivity index (χ2n) is 4.11. The van der Waals surface area contributed by atoms with Crippen molar-refractivity contribution in [3.63, 3.8) is 0 Å². The molecule has 96 valence electrons. The highest BCUT2D eigenvalue weighted by Gasteiger charge is 2.16. The summed E-state index contributed by atoms with van der Waals surface area (Å²) in [6.45, 7) is 0.121. The predicted molar refractivity (Wildman–Crippen MR) is 65.3 cm³/mol. The van der Waals surface area contributed by atoms with Crippen molar-refractivity contribution < 1.29 is 9.90 Å². The number of carbonyl (C=O) groups is 1. The molecule has 3 N–H and O–H groups in total. The molecule has 2 aromatic heterocycles. The number of aromatic nitrogens is 4. The fourth-order valence-corrected chi connectivity index (χ4v) is 1.62. The number of rotatable bonds is 4. The zero-order valence-electron chi connectivity index (χ0n) is 10.1. The second-order valence-corrected chi connectivity index (χ2v) is 4.11. The van der Waals surface area contributed by atoms with E-state index in [1.807, 2.05) is 19.0 Å². The molecule has 0 aromatic carbocycles. The average molecular weight is 250 g/mol. The first-order valence-corrected chi connectivity index (χ1v) is 5.32. The number of fused-ring (bicyclic) bond motifs is 1. The summed E-state index contributed by atoms with van der Waals surface area (Å²) in [7, 11) is 3.70. The molecular weight excluding hydrogens is 236 g/mol. The largest absolute Gasteiger partial charge is 0.480 e. The third kappa shape index (κ3) is 2.09. The first-order valence-electron chi connectivity index (χ1n) is 5.32. The zero-order chi connectivity index (χ0) is 13.3. The van der Waals surface area contributed by atoms with Crippen LogP contribution >= 0.6 is 0 Å². The molecule has 0 unspecified atom stereocenters. The first kappa shape index (κ1) is 12.2. The van der Waals surface area contributed by atoms with E-state index in [-0.39, 0.29) is 6.54 Å². The van der Waals surface area contributed by atoms with Crippen LogP contribution in [0.3, 0.4) is 0 Å². The summed E-state index contributed by atoms with van der Waals surface area (Å²) in [5.41, 5.74) is 6.69. The molecule has 0 bridgehead atoms. The maximum Gasteiger partial charge on any atom is 0.322 e. The minimum absolute atomic E-state index is 0.121. The molecule has 0 aliphatic carbocycles. The van der Waals surface area contributed by atoms with Gasteiger partial charge in [0.2, 0.25) is 0 Å². The van der Waals surface area contributed by atoms with E-state index in [1.165, 1.54) is 12.7 Å². The Balaban J connectivity index is 2.43. The Hall–Kier alpha value is -2.22. The molecule has 0 aliphatic heterocycles. The number of carboxylic acids is 1. The van der Waals surface area contributed by atoms with Gasteiger partial charge in [0.1, 0.15) is 12.4 Å².